The van der Waals surface area contributed by atoms with E-state index in [1.165, 1.54) is 5.56 Å². The first-order valence-electron chi connectivity index (χ1n) is 8.42. The third-order valence-electron chi connectivity index (χ3n) is 3.80. The second-order valence-electron chi connectivity index (χ2n) is 5.67. The number of hydrogen-bond donors (Lipinski definition) is 2. The minimum Gasteiger partial charge on any atom is -0.497 e. The molecule has 2 aromatic rings. The predicted molar refractivity (Wildman–Crippen MR) is 97.7 cm³/mol. The van der Waals surface area contributed by atoms with Crippen LogP contribution in [0.4, 0.5) is 0 Å². The number of amides is 2. The molecule has 2 rings (SSSR count). The Kier molecular flexibility index (Phi) is 7.50. The molecule has 0 saturated carbocycles. The minimum absolute atomic E-state index is 0.00891. The van der Waals surface area contributed by atoms with Crippen molar-refractivity contribution in [3.63, 3.8) is 0 Å². The van der Waals surface area contributed by atoms with Crippen molar-refractivity contribution in [1.82, 2.24) is 10.6 Å². The fourth-order valence-corrected chi connectivity index (χ4v) is 2.41. The van der Waals surface area contributed by atoms with Crippen molar-refractivity contribution < 1.29 is 14.3 Å². The number of carbonyl (C=O) groups is 2. The topological polar surface area (TPSA) is 67.4 Å². The summed E-state index contributed by atoms with van der Waals surface area (Å²) < 4.78 is 5.05. The smallest absolute Gasteiger partial charge is 0.251 e. The maximum absolute atomic E-state index is 12.0. The summed E-state index contributed by atoms with van der Waals surface area (Å²) in [6, 6.07) is 17.0. The van der Waals surface area contributed by atoms with Gasteiger partial charge in [-0.2, -0.15) is 0 Å². The first-order valence-corrected chi connectivity index (χ1v) is 8.42. The third kappa shape index (κ3) is 6.67. The Morgan fingerprint density at radius 1 is 0.920 bits per heavy atom. The van der Waals surface area contributed by atoms with Gasteiger partial charge in [-0.05, 0) is 42.7 Å². The summed E-state index contributed by atoms with van der Waals surface area (Å²) in [7, 11) is 1.58. The molecule has 5 nitrogen and oxygen atoms in total. The number of ether oxygens (including phenoxy) is 1. The van der Waals surface area contributed by atoms with Gasteiger partial charge in [0, 0.05) is 25.1 Å². The lowest BCUT2D eigenvalue weighted by Crippen LogP contribution is -2.34. The average molecular weight is 340 g/mol. The van der Waals surface area contributed by atoms with E-state index in [1.54, 1.807) is 31.4 Å². The number of carbonyl (C=O) groups excluding carboxylic acids is 2. The van der Waals surface area contributed by atoms with Gasteiger partial charge in [-0.1, -0.05) is 30.3 Å². The summed E-state index contributed by atoms with van der Waals surface area (Å²) >= 11 is 0. The van der Waals surface area contributed by atoms with Crippen molar-refractivity contribution in [2.45, 2.75) is 19.3 Å². The molecule has 0 saturated heterocycles. The van der Waals surface area contributed by atoms with Gasteiger partial charge in [-0.25, -0.2) is 0 Å². The van der Waals surface area contributed by atoms with Crippen LogP contribution in [0.3, 0.4) is 0 Å². The van der Waals surface area contributed by atoms with Crippen LogP contribution < -0.4 is 15.4 Å². The van der Waals surface area contributed by atoms with Crippen molar-refractivity contribution in [1.29, 1.82) is 0 Å². The number of benzene rings is 2. The van der Waals surface area contributed by atoms with Crippen molar-refractivity contribution in [2.75, 3.05) is 20.2 Å². The van der Waals surface area contributed by atoms with Gasteiger partial charge in [0.1, 0.15) is 5.75 Å². The highest BCUT2D eigenvalue weighted by molar-refractivity contribution is 5.94. The second kappa shape index (κ2) is 10.1. The molecule has 132 valence electrons. The molecule has 0 radical (unpaired) electrons. The minimum atomic E-state index is -0.166. The molecule has 0 fully saturated rings. The summed E-state index contributed by atoms with van der Waals surface area (Å²) in [5.74, 6) is 0.551. The van der Waals surface area contributed by atoms with E-state index in [9.17, 15) is 9.59 Å². The number of methoxy groups -OCH3 is 1. The second-order valence-corrected chi connectivity index (χ2v) is 5.67. The van der Waals surface area contributed by atoms with Crippen LogP contribution in [0.2, 0.25) is 0 Å². The van der Waals surface area contributed by atoms with E-state index < -0.39 is 0 Å². The largest absolute Gasteiger partial charge is 0.497 e. The van der Waals surface area contributed by atoms with Gasteiger partial charge in [0.2, 0.25) is 5.91 Å². The van der Waals surface area contributed by atoms with Gasteiger partial charge in [0.25, 0.3) is 5.91 Å². The number of aryl methyl sites for hydroxylation is 1. The molecule has 0 atom stereocenters. The predicted octanol–water partition coefficient (Wildman–Crippen LogP) is 2.56. The first kappa shape index (κ1) is 18.5. The van der Waals surface area contributed by atoms with Crippen LogP contribution in [0.5, 0.6) is 5.75 Å². The maximum Gasteiger partial charge on any atom is 0.251 e. The fourth-order valence-electron chi connectivity index (χ4n) is 2.41. The summed E-state index contributed by atoms with van der Waals surface area (Å²) in [5, 5.41) is 5.60. The summed E-state index contributed by atoms with van der Waals surface area (Å²) in [6.45, 7) is 0.821. The molecule has 2 amide bonds. The van der Waals surface area contributed by atoms with Gasteiger partial charge in [-0.3, -0.25) is 9.59 Å². The Hall–Kier alpha value is -2.82. The third-order valence-corrected chi connectivity index (χ3v) is 3.80. The van der Waals surface area contributed by atoms with Crippen molar-refractivity contribution in [3.05, 3.63) is 65.7 Å². The molecule has 2 aromatic carbocycles. The maximum atomic E-state index is 12.0. The molecule has 0 bridgehead atoms. The molecular weight excluding hydrogens is 316 g/mol. The molecule has 0 aromatic heterocycles. The van der Waals surface area contributed by atoms with Crippen LogP contribution in [0, 0.1) is 0 Å². The highest BCUT2D eigenvalue weighted by Crippen LogP contribution is 2.10. The molecule has 25 heavy (non-hydrogen) atoms. The highest BCUT2D eigenvalue weighted by atomic mass is 16.5. The van der Waals surface area contributed by atoms with Crippen molar-refractivity contribution in [3.8, 4) is 5.75 Å². The van der Waals surface area contributed by atoms with E-state index >= 15 is 0 Å². The van der Waals surface area contributed by atoms with Crippen molar-refractivity contribution in [2.24, 2.45) is 0 Å². The molecule has 0 aliphatic rings. The van der Waals surface area contributed by atoms with E-state index in [0.29, 0.717) is 30.8 Å². The van der Waals surface area contributed by atoms with Crippen LogP contribution in [0.25, 0.3) is 0 Å². The van der Waals surface area contributed by atoms with Gasteiger partial charge >= 0.3 is 0 Å². The van der Waals surface area contributed by atoms with Gasteiger partial charge in [0.15, 0.2) is 0 Å². The van der Waals surface area contributed by atoms with Crippen LogP contribution in [-0.2, 0) is 11.2 Å². The Morgan fingerprint density at radius 2 is 1.60 bits per heavy atom. The Balaban J connectivity index is 1.58. The molecule has 2 N–H and O–H groups in total. The quantitative estimate of drug-likeness (QED) is 0.690. The molecular formula is C20H24N2O3. The van der Waals surface area contributed by atoms with Crippen LogP contribution in [-0.4, -0.2) is 32.0 Å². The van der Waals surface area contributed by atoms with E-state index in [4.69, 9.17) is 4.74 Å². The summed E-state index contributed by atoms with van der Waals surface area (Å²) in [4.78, 5) is 23.7. The van der Waals surface area contributed by atoms with E-state index in [-0.39, 0.29) is 11.8 Å². The Labute approximate surface area is 148 Å². The zero-order chi connectivity index (χ0) is 17.9. The first-order chi connectivity index (χ1) is 12.2. The SMILES string of the molecule is COc1ccc(C(=O)NCCNC(=O)CCCc2ccccc2)cc1. The molecule has 0 aliphatic heterocycles. The van der Waals surface area contributed by atoms with Crippen LogP contribution >= 0.6 is 0 Å². The summed E-state index contributed by atoms with van der Waals surface area (Å²) in [6.07, 6.45) is 2.19. The fraction of sp³-hybridized carbons (Fsp3) is 0.300. The average Bonchev–Trinajstić information content (AvgIpc) is 2.66. The molecule has 0 aliphatic carbocycles. The van der Waals surface area contributed by atoms with E-state index in [2.05, 4.69) is 22.8 Å². The number of nitrogens with one attached hydrogen (secondary N) is 2. The molecule has 0 heterocycles. The molecule has 5 heteroatoms. The van der Waals surface area contributed by atoms with Gasteiger partial charge in [-0.15, -0.1) is 0 Å². The van der Waals surface area contributed by atoms with E-state index in [1.807, 2.05) is 18.2 Å². The Morgan fingerprint density at radius 3 is 2.28 bits per heavy atom. The van der Waals surface area contributed by atoms with Gasteiger partial charge < -0.3 is 15.4 Å². The molecule has 0 spiro atoms. The zero-order valence-electron chi connectivity index (χ0n) is 14.5. The van der Waals surface area contributed by atoms with Crippen LogP contribution in [0.15, 0.2) is 54.6 Å². The lowest BCUT2D eigenvalue weighted by Gasteiger charge is -2.08. The highest BCUT2D eigenvalue weighted by Gasteiger charge is 2.05. The van der Waals surface area contributed by atoms with Gasteiger partial charge in [0.05, 0.1) is 7.11 Å². The number of rotatable bonds is 9. The monoisotopic (exact) mass is 340 g/mol. The lowest BCUT2D eigenvalue weighted by atomic mass is 10.1. The summed E-state index contributed by atoms with van der Waals surface area (Å²) in [5.41, 5.74) is 1.80. The normalized spacial score (nSPS) is 10.1. The molecule has 0 unspecified atom stereocenters. The number of hydrogen-bond acceptors (Lipinski definition) is 3. The van der Waals surface area contributed by atoms with E-state index in [0.717, 1.165) is 12.8 Å². The zero-order valence-corrected chi connectivity index (χ0v) is 14.5. The lowest BCUT2D eigenvalue weighted by molar-refractivity contribution is -0.121. The Bertz CT molecular complexity index is 669. The van der Waals surface area contributed by atoms with Crippen molar-refractivity contribution >= 4 is 11.8 Å². The van der Waals surface area contributed by atoms with Crippen LogP contribution in [0.1, 0.15) is 28.8 Å². The standard InChI is InChI=1S/C20H24N2O3/c1-25-18-12-10-17(11-13-18)20(24)22-15-14-21-19(23)9-5-8-16-6-3-2-4-7-16/h2-4,6-7,10-13H,5,8-9,14-15H2,1H3,(H,21,23)(H,22,24).